The third-order valence-corrected chi connectivity index (χ3v) is 0.507. The topological polar surface area (TPSA) is 38.3 Å². The SMILES string of the molecule is CCOC(=O)NCl. The molecule has 0 aromatic rings. The van der Waals surface area contributed by atoms with Crippen molar-refractivity contribution in [2.45, 2.75) is 6.92 Å². The van der Waals surface area contributed by atoms with Crippen LogP contribution in [0.3, 0.4) is 0 Å². The van der Waals surface area contributed by atoms with Gasteiger partial charge in [0, 0.05) is 11.8 Å². The second kappa shape index (κ2) is 3.74. The van der Waals surface area contributed by atoms with Gasteiger partial charge in [-0.05, 0) is 6.92 Å². The summed E-state index contributed by atoms with van der Waals surface area (Å²) >= 11 is 4.81. The second-order valence-electron chi connectivity index (χ2n) is 0.815. The van der Waals surface area contributed by atoms with Gasteiger partial charge in [-0.15, -0.1) is 0 Å². The Labute approximate surface area is 46.7 Å². The summed E-state index contributed by atoms with van der Waals surface area (Å²) in [5.41, 5.74) is 0. The molecule has 0 heterocycles. The van der Waals surface area contributed by atoms with E-state index in [-0.39, 0.29) is 0 Å². The number of hydrogen-bond acceptors (Lipinski definition) is 2. The van der Waals surface area contributed by atoms with Crippen LogP contribution >= 0.6 is 11.8 Å². The fourth-order valence-corrected chi connectivity index (χ4v) is 0.213. The quantitative estimate of drug-likeness (QED) is 0.526. The summed E-state index contributed by atoms with van der Waals surface area (Å²) in [4.78, 5) is 11.7. The number of hydrogen-bond donors (Lipinski definition) is 1. The van der Waals surface area contributed by atoms with Gasteiger partial charge in [-0.25, -0.2) is 9.63 Å². The highest BCUT2D eigenvalue weighted by Crippen LogP contribution is 1.74. The molecule has 1 N–H and O–H groups in total. The lowest BCUT2D eigenvalue weighted by atomic mass is 10.9. The van der Waals surface area contributed by atoms with Crippen LogP contribution in [-0.4, -0.2) is 12.7 Å². The monoisotopic (exact) mass is 123 g/mol. The van der Waals surface area contributed by atoms with Crippen molar-refractivity contribution >= 4 is 17.9 Å². The first-order valence-electron chi connectivity index (χ1n) is 1.84. The van der Waals surface area contributed by atoms with Crippen molar-refractivity contribution in [2.24, 2.45) is 0 Å². The maximum absolute atomic E-state index is 9.95. The molecule has 0 unspecified atom stereocenters. The number of rotatable bonds is 1. The molecule has 0 aromatic heterocycles. The molecule has 0 saturated heterocycles. The number of nitrogens with one attached hydrogen (secondary N) is 1. The first-order chi connectivity index (χ1) is 3.31. The standard InChI is InChI=1S/C3H6ClNO2/c1-2-7-3(6)5-4/h2H2,1H3,(H,5,6). The maximum Gasteiger partial charge on any atom is 0.421 e. The van der Waals surface area contributed by atoms with E-state index in [9.17, 15) is 4.79 Å². The molecule has 4 heteroatoms. The zero-order valence-electron chi connectivity index (χ0n) is 3.90. The fourth-order valence-electron chi connectivity index (χ4n) is 0.158. The van der Waals surface area contributed by atoms with E-state index in [1.807, 2.05) is 0 Å². The van der Waals surface area contributed by atoms with Gasteiger partial charge in [0.05, 0.1) is 6.61 Å². The van der Waals surface area contributed by atoms with Gasteiger partial charge in [-0.1, -0.05) is 0 Å². The average molecular weight is 124 g/mol. The van der Waals surface area contributed by atoms with Crippen LogP contribution in [-0.2, 0) is 4.74 Å². The Balaban J connectivity index is 3.00. The van der Waals surface area contributed by atoms with Gasteiger partial charge in [0.25, 0.3) is 0 Å². The molecule has 42 valence electrons. The van der Waals surface area contributed by atoms with Crippen LogP contribution in [0.4, 0.5) is 4.79 Å². The lowest BCUT2D eigenvalue weighted by Gasteiger charge is -1.93. The van der Waals surface area contributed by atoms with E-state index in [0.717, 1.165) is 0 Å². The first kappa shape index (κ1) is 6.56. The summed E-state index contributed by atoms with van der Waals surface area (Å²) in [6, 6.07) is 0. The minimum Gasteiger partial charge on any atom is -0.449 e. The molecular formula is C3H6ClNO2. The molecular weight excluding hydrogens is 117 g/mol. The highest BCUT2D eigenvalue weighted by molar-refractivity contribution is 6.20. The number of halogens is 1. The molecule has 0 aliphatic heterocycles. The predicted molar refractivity (Wildman–Crippen MR) is 26.0 cm³/mol. The van der Waals surface area contributed by atoms with Crippen molar-refractivity contribution in [1.29, 1.82) is 0 Å². The largest absolute Gasteiger partial charge is 0.449 e. The highest BCUT2D eigenvalue weighted by Gasteiger charge is 1.91. The third kappa shape index (κ3) is 3.39. The maximum atomic E-state index is 9.95. The molecule has 0 spiro atoms. The molecule has 0 aromatic carbocycles. The predicted octanol–water partition coefficient (Wildman–Crippen LogP) is 0.886. The van der Waals surface area contributed by atoms with Gasteiger partial charge in [-0.2, -0.15) is 0 Å². The summed E-state index contributed by atoms with van der Waals surface area (Å²) in [6.07, 6.45) is -0.607. The van der Waals surface area contributed by atoms with Gasteiger partial charge in [0.15, 0.2) is 0 Å². The van der Waals surface area contributed by atoms with Gasteiger partial charge < -0.3 is 4.74 Å². The lowest BCUT2D eigenvalue weighted by molar-refractivity contribution is 0.159. The van der Waals surface area contributed by atoms with Gasteiger partial charge >= 0.3 is 6.09 Å². The first-order valence-corrected chi connectivity index (χ1v) is 2.22. The van der Waals surface area contributed by atoms with Crippen molar-refractivity contribution in [3.05, 3.63) is 0 Å². The molecule has 0 radical (unpaired) electrons. The van der Waals surface area contributed by atoms with Crippen molar-refractivity contribution in [2.75, 3.05) is 6.61 Å². The molecule has 0 aliphatic rings. The number of carbonyl (C=O) groups is 1. The molecule has 0 rings (SSSR count). The Hall–Kier alpha value is -0.440. The van der Waals surface area contributed by atoms with Crippen LogP contribution in [0.25, 0.3) is 0 Å². The van der Waals surface area contributed by atoms with E-state index in [4.69, 9.17) is 11.8 Å². The molecule has 3 nitrogen and oxygen atoms in total. The third-order valence-electron chi connectivity index (χ3n) is 0.353. The Morgan fingerprint density at radius 3 is 2.71 bits per heavy atom. The summed E-state index contributed by atoms with van der Waals surface area (Å²) in [5.74, 6) is 0. The van der Waals surface area contributed by atoms with Gasteiger partial charge in [0.2, 0.25) is 0 Å². The van der Waals surface area contributed by atoms with E-state index in [1.165, 1.54) is 0 Å². The number of carbonyl (C=O) groups excluding carboxylic acids is 1. The Kier molecular flexibility index (Phi) is 3.50. The van der Waals surface area contributed by atoms with Crippen LogP contribution in [0.2, 0.25) is 0 Å². The van der Waals surface area contributed by atoms with Gasteiger partial charge in [-0.3, -0.25) is 0 Å². The van der Waals surface area contributed by atoms with Gasteiger partial charge in [0.1, 0.15) is 0 Å². The normalized spacial score (nSPS) is 7.71. The van der Waals surface area contributed by atoms with E-state index in [2.05, 4.69) is 4.74 Å². The highest BCUT2D eigenvalue weighted by atomic mass is 35.5. The van der Waals surface area contributed by atoms with Crippen LogP contribution in [0.5, 0.6) is 0 Å². The van der Waals surface area contributed by atoms with Crippen LogP contribution in [0, 0.1) is 0 Å². The molecule has 7 heavy (non-hydrogen) atoms. The summed E-state index contributed by atoms with van der Waals surface area (Å²) in [5, 5.41) is 0. The van der Waals surface area contributed by atoms with E-state index in [1.54, 1.807) is 11.8 Å². The molecule has 1 amide bonds. The Morgan fingerprint density at radius 2 is 2.57 bits per heavy atom. The van der Waals surface area contributed by atoms with Crippen molar-refractivity contribution in [1.82, 2.24) is 4.84 Å². The van der Waals surface area contributed by atoms with Crippen molar-refractivity contribution in [3.63, 3.8) is 0 Å². The van der Waals surface area contributed by atoms with Crippen LogP contribution in [0.1, 0.15) is 6.92 Å². The van der Waals surface area contributed by atoms with Crippen molar-refractivity contribution < 1.29 is 9.53 Å². The molecule has 0 aliphatic carbocycles. The summed E-state index contributed by atoms with van der Waals surface area (Å²) in [7, 11) is 0. The minimum atomic E-state index is -0.607. The van der Waals surface area contributed by atoms with Crippen LogP contribution < -0.4 is 4.84 Å². The Morgan fingerprint density at radius 1 is 2.00 bits per heavy atom. The lowest BCUT2D eigenvalue weighted by Crippen LogP contribution is -2.13. The number of ether oxygens (including phenoxy) is 1. The molecule has 0 fully saturated rings. The second-order valence-corrected chi connectivity index (χ2v) is 1.00. The van der Waals surface area contributed by atoms with E-state index >= 15 is 0 Å². The minimum absolute atomic E-state index is 0.346. The van der Waals surface area contributed by atoms with Crippen molar-refractivity contribution in [3.8, 4) is 0 Å². The molecule has 0 atom stereocenters. The average Bonchev–Trinajstić information content (AvgIpc) is 1.68. The molecule has 0 bridgehead atoms. The number of amides is 1. The van der Waals surface area contributed by atoms with E-state index < -0.39 is 6.09 Å². The molecule has 0 saturated carbocycles. The zero-order valence-corrected chi connectivity index (χ0v) is 4.66. The smallest absolute Gasteiger partial charge is 0.421 e. The Bertz CT molecular complexity index is 66.0. The summed E-state index contributed by atoms with van der Waals surface area (Å²) < 4.78 is 4.31. The van der Waals surface area contributed by atoms with Crippen LogP contribution in [0.15, 0.2) is 0 Å². The fraction of sp³-hybridized carbons (Fsp3) is 0.667. The summed E-state index contributed by atoms with van der Waals surface area (Å²) in [6.45, 7) is 2.05. The van der Waals surface area contributed by atoms with E-state index in [0.29, 0.717) is 6.61 Å². The zero-order chi connectivity index (χ0) is 5.70.